The van der Waals surface area contributed by atoms with Gasteiger partial charge >= 0.3 is 0 Å². The highest BCUT2D eigenvalue weighted by Crippen LogP contribution is 2.56. The molecule has 1 atom stereocenters. The first-order chi connectivity index (χ1) is 21.4. The zero-order valence-electron chi connectivity index (χ0n) is 25.5. The number of rotatable bonds is 8. The van der Waals surface area contributed by atoms with Crippen molar-refractivity contribution in [3.63, 3.8) is 0 Å². The molecule has 6 nitrogen and oxygen atoms in total. The molecule has 0 saturated heterocycles. The molecule has 7 rings (SSSR count). The van der Waals surface area contributed by atoms with E-state index in [9.17, 15) is 4.79 Å². The first-order valence-corrected chi connectivity index (χ1v) is 15.5. The third-order valence-electron chi connectivity index (χ3n) is 9.11. The molecule has 1 spiro atoms. The summed E-state index contributed by atoms with van der Waals surface area (Å²) in [4.78, 5) is 20.2. The molecule has 44 heavy (non-hydrogen) atoms. The maximum Gasteiger partial charge on any atom is 0.251 e. The Bertz CT molecular complexity index is 1900. The van der Waals surface area contributed by atoms with Crippen LogP contribution in [0.5, 0.6) is 11.5 Å². The number of ether oxygens (including phenoxy) is 2. The summed E-state index contributed by atoms with van der Waals surface area (Å²) in [6.45, 7) is 8.38. The number of amides is 1. The molecule has 2 aliphatic rings. The second kappa shape index (κ2) is 11.0. The number of aliphatic imine (C=N–C) groups is 1. The summed E-state index contributed by atoms with van der Waals surface area (Å²) in [5, 5.41) is 7.34. The molecule has 222 valence electrons. The van der Waals surface area contributed by atoms with Crippen LogP contribution in [0.4, 0.5) is 11.4 Å². The number of hydrogen-bond acceptors (Lipinski definition) is 5. The number of benzene rings is 5. The number of para-hydroxylation sites is 1. The van der Waals surface area contributed by atoms with Gasteiger partial charge in [-0.3, -0.25) is 9.79 Å². The van der Waals surface area contributed by atoms with Gasteiger partial charge in [-0.1, -0.05) is 74.0 Å². The summed E-state index contributed by atoms with van der Waals surface area (Å²) in [5.41, 5.74) is 2.47. The van der Waals surface area contributed by atoms with Crippen molar-refractivity contribution >= 4 is 45.0 Å². The predicted octanol–water partition coefficient (Wildman–Crippen LogP) is 8.19. The average molecular weight is 584 g/mol. The van der Waals surface area contributed by atoms with Gasteiger partial charge in [-0.15, -0.1) is 0 Å². The van der Waals surface area contributed by atoms with E-state index in [1.165, 1.54) is 16.3 Å². The monoisotopic (exact) mass is 583 g/mol. The SMILES string of the molecule is CCCCNC(=O)c1ccc2c3c(ccc2c1)OC1(C=N3)N(CCOc2ccccc2)c2ccc3ccccc3c2C1(C)C. The van der Waals surface area contributed by atoms with Gasteiger partial charge in [0.05, 0.1) is 18.2 Å². The Morgan fingerprint density at radius 1 is 0.909 bits per heavy atom. The molecule has 0 fully saturated rings. The molecule has 0 bridgehead atoms. The van der Waals surface area contributed by atoms with E-state index in [4.69, 9.17) is 14.5 Å². The molecule has 6 heteroatoms. The highest BCUT2D eigenvalue weighted by Gasteiger charge is 2.60. The summed E-state index contributed by atoms with van der Waals surface area (Å²) in [6.07, 6.45) is 3.99. The number of carbonyl (C=O) groups is 1. The number of fused-ring (bicyclic) bond motifs is 6. The quantitative estimate of drug-likeness (QED) is 0.187. The minimum absolute atomic E-state index is 0.0529. The Morgan fingerprint density at radius 2 is 1.70 bits per heavy atom. The summed E-state index contributed by atoms with van der Waals surface area (Å²) in [7, 11) is 0. The van der Waals surface area contributed by atoms with Crippen LogP contribution >= 0.6 is 0 Å². The molecule has 5 aromatic carbocycles. The number of carbonyl (C=O) groups excluding carboxylic acids is 1. The Balaban J connectivity index is 1.28. The maximum absolute atomic E-state index is 12.7. The number of anilines is 1. The zero-order chi connectivity index (χ0) is 30.3. The van der Waals surface area contributed by atoms with Crippen LogP contribution in [-0.4, -0.2) is 37.5 Å². The van der Waals surface area contributed by atoms with Gasteiger partial charge in [0, 0.05) is 23.2 Å². The second-order valence-corrected chi connectivity index (χ2v) is 12.1. The molecule has 1 unspecified atom stereocenters. The first kappa shape index (κ1) is 28.0. The van der Waals surface area contributed by atoms with E-state index in [-0.39, 0.29) is 5.91 Å². The topological polar surface area (TPSA) is 63.2 Å². The molecule has 0 saturated carbocycles. The zero-order valence-corrected chi connectivity index (χ0v) is 25.5. The predicted molar refractivity (Wildman–Crippen MR) is 179 cm³/mol. The molecule has 0 aromatic heterocycles. The average Bonchev–Trinajstić information content (AvgIpc) is 3.23. The van der Waals surface area contributed by atoms with E-state index in [0.717, 1.165) is 46.5 Å². The fourth-order valence-electron chi connectivity index (χ4n) is 6.79. The van der Waals surface area contributed by atoms with Crippen molar-refractivity contribution in [2.24, 2.45) is 4.99 Å². The number of hydrogen-bond donors (Lipinski definition) is 1. The van der Waals surface area contributed by atoms with Gasteiger partial charge in [0.25, 0.3) is 5.91 Å². The van der Waals surface area contributed by atoms with E-state index in [1.807, 2.05) is 66.9 Å². The van der Waals surface area contributed by atoms with Crippen molar-refractivity contribution in [1.82, 2.24) is 5.32 Å². The standard InChI is InChI=1S/C38H37N3O3/c1-4-5-21-39-36(42)28-15-18-31-27(24-28)17-20-33-35(31)40-25-38(44-33)37(2,3)34-30-14-10-9-11-26(30)16-19-32(34)41(38)22-23-43-29-12-7-6-8-13-29/h6-20,24-25H,4-5,21-23H2,1-3H3,(H,39,42). The lowest BCUT2D eigenvalue weighted by Crippen LogP contribution is -2.63. The van der Waals surface area contributed by atoms with Crippen LogP contribution in [0.2, 0.25) is 0 Å². The van der Waals surface area contributed by atoms with Crippen molar-refractivity contribution in [2.75, 3.05) is 24.6 Å². The van der Waals surface area contributed by atoms with Crippen molar-refractivity contribution in [2.45, 2.75) is 44.8 Å². The lowest BCUT2D eigenvalue weighted by Gasteiger charge is -2.46. The molecular formula is C38H37N3O3. The third kappa shape index (κ3) is 4.48. The fraction of sp³-hybridized carbons (Fsp3) is 0.263. The van der Waals surface area contributed by atoms with Gasteiger partial charge in [0.15, 0.2) is 0 Å². The third-order valence-corrected chi connectivity index (χ3v) is 9.11. The van der Waals surface area contributed by atoms with Gasteiger partial charge < -0.3 is 19.7 Å². The molecule has 1 N–H and O–H groups in total. The van der Waals surface area contributed by atoms with Crippen molar-refractivity contribution < 1.29 is 14.3 Å². The number of nitrogens with one attached hydrogen (secondary N) is 1. The largest absolute Gasteiger partial charge is 0.492 e. The van der Waals surface area contributed by atoms with Crippen LogP contribution in [0.1, 0.15) is 49.5 Å². The van der Waals surface area contributed by atoms with Crippen LogP contribution in [0.3, 0.4) is 0 Å². The molecule has 2 aliphatic heterocycles. The van der Waals surface area contributed by atoms with Crippen molar-refractivity contribution in [3.8, 4) is 11.5 Å². The lowest BCUT2D eigenvalue weighted by molar-refractivity contribution is 0.0755. The minimum atomic E-state index is -0.876. The Labute approximate surface area is 258 Å². The van der Waals surface area contributed by atoms with Crippen molar-refractivity contribution in [3.05, 3.63) is 108 Å². The van der Waals surface area contributed by atoms with E-state index in [0.29, 0.717) is 25.3 Å². The first-order valence-electron chi connectivity index (χ1n) is 15.5. The van der Waals surface area contributed by atoms with E-state index < -0.39 is 11.1 Å². The van der Waals surface area contributed by atoms with Crippen molar-refractivity contribution in [1.29, 1.82) is 0 Å². The lowest BCUT2D eigenvalue weighted by atomic mass is 9.75. The van der Waals surface area contributed by atoms with Gasteiger partial charge in [-0.2, -0.15) is 0 Å². The summed E-state index contributed by atoms with van der Waals surface area (Å²) < 4.78 is 13.3. The van der Waals surface area contributed by atoms with E-state index in [1.54, 1.807) is 0 Å². The highest BCUT2D eigenvalue weighted by molar-refractivity contribution is 6.05. The van der Waals surface area contributed by atoms with Crippen LogP contribution in [-0.2, 0) is 5.41 Å². The Kier molecular flexibility index (Phi) is 7.00. The molecule has 1 amide bonds. The summed E-state index contributed by atoms with van der Waals surface area (Å²) in [6, 6.07) is 32.7. The summed E-state index contributed by atoms with van der Waals surface area (Å²) >= 11 is 0. The second-order valence-electron chi connectivity index (χ2n) is 12.1. The fourth-order valence-corrected chi connectivity index (χ4v) is 6.79. The highest BCUT2D eigenvalue weighted by atomic mass is 16.5. The van der Waals surface area contributed by atoms with Crippen LogP contribution in [0, 0.1) is 0 Å². The van der Waals surface area contributed by atoms with Crippen LogP contribution in [0.25, 0.3) is 21.5 Å². The normalized spacial score (nSPS) is 17.8. The minimum Gasteiger partial charge on any atom is -0.492 e. The number of unbranched alkanes of at least 4 members (excludes halogenated alkanes) is 1. The van der Waals surface area contributed by atoms with Gasteiger partial charge in [0.2, 0.25) is 5.72 Å². The maximum atomic E-state index is 12.7. The Morgan fingerprint density at radius 3 is 2.55 bits per heavy atom. The molecule has 2 heterocycles. The molecule has 0 radical (unpaired) electrons. The molecule has 0 aliphatic carbocycles. The van der Waals surface area contributed by atoms with Gasteiger partial charge in [-0.25, -0.2) is 0 Å². The van der Waals surface area contributed by atoms with E-state index in [2.05, 4.69) is 67.4 Å². The summed E-state index contributed by atoms with van der Waals surface area (Å²) in [5.74, 6) is 1.51. The Hall–Kier alpha value is -4.84. The van der Waals surface area contributed by atoms with Crippen LogP contribution < -0.4 is 19.7 Å². The van der Waals surface area contributed by atoms with E-state index >= 15 is 0 Å². The number of nitrogens with zero attached hydrogens (tertiary/aromatic N) is 2. The molecular weight excluding hydrogens is 546 g/mol. The van der Waals surface area contributed by atoms with Gasteiger partial charge in [-0.05, 0) is 78.4 Å². The van der Waals surface area contributed by atoms with Crippen LogP contribution in [0.15, 0.2) is 102 Å². The molecule has 5 aromatic rings. The smallest absolute Gasteiger partial charge is 0.251 e. The van der Waals surface area contributed by atoms with Gasteiger partial charge in [0.1, 0.15) is 23.8 Å².